The van der Waals surface area contributed by atoms with E-state index in [0.29, 0.717) is 0 Å². The van der Waals surface area contributed by atoms with E-state index < -0.39 is 0 Å². The van der Waals surface area contributed by atoms with Crippen LogP contribution in [0.2, 0.25) is 0 Å². The van der Waals surface area contributed by atoms with Gasteiger partial charge in [0.15, 0.2) is 0 Å². The molecule has 0 amide bonds. The van der Waals surface area contributed by atoms with Gasteiger partial charge in [0.05, 0.1) is 3.21 Å². The Bertz CT molecular complexity index is 674. The highest BCUT2D eigenvalue weighted by Gasteiger charge is 2.19. The molecule has 0 aliphatic rings. The van der Waals surface area contributed by atoms with Crippen molar-refractivity contribution in [3.63, 3.8) is 0 Å². The summed E-state index contributed by atoms with van der Waals surface area (Å²) in [7, 11) is 0. The van der Waals surface area contributed by atoms with Gasteiger partial charge in [-0.05, 0) is 83.2 Å². The first-order valence-corrected chi connectivity index (χ1v) is 14.8. The topological polar surface area (TPSA) is 0 Å². The van der Waals surface area contributed by atoms with Gasteiger partial charge in [0.2, 0.25) is 0 Å². The molecular formula is C20H25I2P. The number of hydrogen-bond donors (Lipinski definition) is 0. The molecule has 124 valence electrons. The molecule has 0 saturated carbocycles. The minimum absolute atomic E-state index is 0.194. The summed E-state index contributed by atoms with van der Waals surface area (Å²) in [5, 5.41) is 1.48. The predicted molar refractivity (Wildman–Crippen MR) is 124 cm³/mol. The molecule has 0 heterocycles. The summed E-state index contributed by atoms with van der Waals surface area (Å²) in [6, 6.07) is 16.1. The highest BCUT2D eigenvalue weighted by molar-refractivity contribution is 14.3. The highest BCUT2D eigenvalue weighted by atomic mass is 127. The standard InChI is InChI=1S/C20H25I2P/c1-19(2,3)15-9-7-14(8-10-15)17-12-11-16(20(4,5)6)13-18(17)23(21)22/h7-13H,1-6H3. The van der Waals surface area contributed by atoms with E-state index in [1.165, 1.54) is 27.6 Å². The molecule has 2 rings (SSSR count). The molecule has 0 aliphatic carbocycles. The maximum absolute atomic E-state index is 2.58. The summed E-state index contributed by atoms with van der Waals surface area (Å²) in [5.74, 6) is 0. The summed E-state index contributed by atoms with van der Waals surface area (Å²) < 4.78 is -0.194. The zero-order valence-electron chi connectivity index (χ0n) is 14.7. The van der Waals surface area contributed by atoms with E-state index in [0.717, 1.165) is 0 Å². The average molecular weight is 550 g/mol. The number of rotatable bonds is 2. The Balaban J connectivity index is 2.51. The van der Waals surface area contributed by atoms with Crippen LogP contribution in [0.15, 0.2) is 42.5 Å². The normalized spacial score (nSPS) is 12.7. The molecule has 0 atom stereocenters. The second-order valence-corrected chi connectivity index (χ2v) is 20.3. The fraction of sp³-hybridized carbons (Fsp3) is 0.400. The Morgan fingerprint density at radius 1 is 0.696 bits per heavy atom. The van der Waals surface area contributed by atoms with E-state index >= 15 is 0 Å². The molecule has 0 nitrogen and oxygen atoms in total. The predicted octanol–water partition coefficient (Wildman–Crippen LogP) is 7.76. The fourth-order valence-corrected chi connectivity index (χ4v) is 5.55. The van der Waals surface area contributed by atoms with Gasteiger partial charge in [-0.2, -0.15) is 0 Å². The first kappa shape index (κ1) is 19.7. The van der Waals surface area contributed by atoms with Crippen molar-refractivity contribution in [2.75, 3.05) is 0 Å². The summed E-state index contributed by atoms with van der Waals surface area (Å²) in [6.45, 7) is 13.6. The molecule has 0 fully saturated rings. The van der Waals surface area contributed by atoms with Crippen molar-refractivity contribution in [3.05, 3.63) is 53.6 Å². The molecule has 0 unspecified atom stereocenters. The van der Waals surface area contributed by atoms with E-state index in [1.807, 2.05) is 0 Å². The van der Waals surface area contributed by atoms with Crippen LogP contribution in [0.4, 0.5) is 0 Å². The third-order valence-electron chi connectivity index (χ3n) is 4.11. The van der Waals surface area contributed by atoms with Gasteiger partial charge in [-0.1, -0.05) is 77.9 Å². The Morgan fingerprint density at radius 2 is 1.17 bits per heavy atom. The van der Waals surface area contributed by atoms with Crippen LogP contribution in [0.1, 0.15) is 52.7 Å². The summed E-state index contributed by atoms with van der Waals surface area (Å²) >= 11 is 5.15. The lowest BCUT2D eigenvalue weighted by Crippen LogP contribution is -2.14. The molecule has 0 bridgehead atoms. The van der Waals surface area contributed by atoms with E-state index in [-0.39, 0.29) is 14.0 Å². The zero-order chi connectivity index (χ0) is 17.4. The maximum Gasteiger partial charge on any atom is 0.0561 e. The van der Waals surface area contributed by atoms with Gasteiger partial charge in [0, 0.05) is 5.30 Å². The van der Waals surface area contributed by atoms with Crippen LogP contribution < -0.4 is 5.30 Å². The van der Waals surface area contributed by atoms with Crippen LogP contribution in [0.25, 0.3) is 11.1 Å². The smallest absolute Gasteiger partial charge is 0.0561 e. The van der Waals surface area contributed by atoms with Crippen molar-refractivity contribution in [1.29, 1.82) is 0 Å². The van der Waals surface area contributed by atoms with Crippen molar-refractivity contribution in [1.82, 2.24) is 0 Å². The largest absolute Gasteiger partial charge is 0.0579 e. The quantitative estimate of drug-likeness (QED) is 0.265. The number of hydrogen-bond acceptors (Lipinski definition) is 0. The SMILES string of the molecule is CC(C)(C)c1ccc(-c2ccc(C(C)(C)C)cc2P(I)I)cc1. The minimum atomic E-state index is -0.194. The second kappa shape index (κ2) is 7.29. The molecule has 0 aliphatic heterocycles. The minimum Gasteiger partial charge on any atom is -0.0579 e. The Hall–Kier alpha value is 0.330. The average Bonchev–Trinajstić information content (AvgIpc) is 2.45. The molecule has 0 radical (unpaired) electrons. The highest BCUT2D eigenvalue weighted by Crippen LogP contribution is 2.54. The van der Waals surface area contributed by atoms with Gasteiger partial charge in [-0.3, -0.25) is 0 Å². The number of benzene rings is 2. The Labute approximate surface area is 168 Å². The molecule has 3 heteroatoms. The zero-order valence-corrected chi connectivity index (χ0v) is 20.0. The fourth-order valence-electron chi connectivity index (χ4n) is 2.53. The van der Waals surface area contributed by atoms with Crippen LogP contribution in [0.3, 0.4) is 0 Å². The van der Waals surface area contributed by atoms with E-state index in [1.54, 1.807) is 0 Å². The van der Waals surface area contributed by atoms with E-state index in [9.17, 15) is 0 Å². The lowest BCUT2D eigenvalue weighted by Gasteiger charge is -2.23. The third kappa shape index (κ3) is 4.92. The van der Waals surface area contributed by atoms with Gasteiger partial charge in [0.25, 0.3) is 0 Å². The van der Waals surface area contributed by atoms with Gasteiger partial charge in [-0.15, -0.1) is 0 Å². The molecule has 0 aromatic heterocycles. The van der Waals surface area contributed by atoms with Gasteiger partial charge in [-0.25, -0.2) is 0 Å². The molecule has 2 aromatic rings. The lowest BCUT2D eigenvalue weighted by atomic mass is 9.85. The van der Waals surface area contributed by atoms with E-state index in [4.69, 9.17) is 0 Å². The maximum atomic E-state index is 2.58. The van der Waals surface area contributed by atoms with Crippen LogP contribution in [0.5, 0.6) is 0 Å². The van der Waals surface area contributed by atoms with Crippen molar-refractivity contribution >= 4 is 52.6 Å². The van der Waals surface area contributed by atoms with Crippen LogP contribution in [0, 0.1) is 0 Å². The third-order valence-corrected chi connectivity index (χ3v) is 7.96. The molecule has 0 saturated heterocycles. The summed E-state index contributed by atoms with van der Waals surface area (Å²) in [4.78, 5) is 0. The summed E-state index contributed by atoms with van der Waals surface area (Å²) in [6.07, 6.45) is 0. The van der Waals surface area contributed by atoms with Gasteiger partial charge < -0.3 is 0 Å². The molecule has 0 N–H and O–H groups in total. The monoisotopic (exact) mass is 550 g/mol. The van der Waals surface area contributed by atoms with E-state index in [2.05, 4.69) is 128 Å². The summed E-state index contributed by atoms with van der Waals surface area (Å²) in [5.41, 5.74) is 5.92. The molecule has 23 heavy (non-hydrogen) atoms. The molecule has 2 aromatic carbocycles. The van der Waals surface area contributed by atoms with Gasteiger partial charge >= 0.3 is 0 Å². The van der Waals surface area contributed by atoms with Crippen LogP contribution >= 0.6 is 47.3 Å². The van der Waals surface area contributed by atoms with Crippen LogP contribution in [-0.4, -0.2) is 0 Å². The van der Waals surface area contributed by atoms with Gasteiger partial charge in [0.1, 0.15) is 0 Å². The number of halogens is 2. The molecular weight excluding hydrogens is 525 g/mol. The Kier molecular flexibility index (Phi) is 6.23. The lowest BCUT2D eigenvalue weighted by molar-refractivity contribution is 0.590. The van der Waals surface area contributed by atoms with Crippen molar-refractivity contribution in [2.45, 2.75) is 52.4 Å². The molecule has 0 spiro atoms. The first-order valence-electron chi connectivity index (χ1n) is 7.87. The van der Waals surface area contributed by atoms with Crippen LogP contribution in [-0.2, 0) is 10.8 Å². The Morgan fingerprint density at radius 3 is 1.61 bits per heavy atom. The van der Waals surface area contributed by atoms with Crippen molar-refractivity contribution in [2.24, 2.45) is 0 Å². The van der Waals surface area contributed by atoms with Crippen molar-refractivity contribution < 1.29 is 0 Å². The van der Waals surface area contributed by atoms with Crippen molar-refractivity contribution in [3.8, 4) is 11.1 Å². The second-order valence-electron chi connectivity index (χ2n) is 8.04. The first-order chi connectivity index (χ1) is 10.5.